The maximum absolute atomic E-state index is 5.66. The second-order valence-corrected chi connectivity index (χ2v) is 5.42. The molecule has 0 aliphatic carbocycles. The molecule has 0 radical (unpaired) electrons. The fourth-order valence-corrected chi connectivity index (χ4v) is 2.43. The maximum atomic E-state index is 5.66. The zero-order valence-corrected chi connectivity index (χ0v) is 13.3. The summed E-state index contributed by atoms with van der Waals surface area (Å²) in [7, 11) is 0. The van der Waals surface area contributed by atoms with Gasteiger partial charge in [-0.05, 0) is 29.7 Å². The molecular weight excluding hydrogens is 286 g/mol. The Bertz CT molecular complexity index is 773. The Morgan fingerprint density at radius 1 is 0.957 bits per heavy atom. The topological polar surface area (TPSA) is 47.0 Å². The maximum Gasteiger partial charge on any atom is 0.145 e. The number of nitrogens with zero attached hydrogens (tertiary/aromatic N) is 2. The molecule has 2 aromatic carbocycles. The molecule has 0 aliphatic rings. The van der Waals surface area contributed by atoms with Crippen LogP contribution in [0.1, 0.15) is 24.5 Å². The number of hydrogen-bond acceptors (Lipinski definition) is 4. The first-order valence-corrected chi connectivity index (χ1v) is 7.97. The summed E-state index contributed by atoms with van der Waals surface area (Å²) >= 11 is 0. The molecule has 23 heavy (non-hydrogen) atoms. The number of ether oxygens (including phenoxy) is 1. The van der Waals surface area contributed by atoms with Crippen molar-refractivity contribution >= 4 is 16.9 Å². The van der Waals surface area contributed by atoms with E-state index in [1.54, 1.807) is 6.20 Å². The van der Waals surface area contributed by atoms with E-state index in [0.29, 0.717) is 13.2 Å². The van der Waals surface area contributed by atoms with Crippen molar-refractivity contribution in [3.8, 4) is 0 Å². The van der Waals surface area contributed by atoms with Gasteiger partial charge in [-0.15, -0.1) is 0 Å². The van der Waals surface area contributed by atoms with E-state index in [2.05, 4.69) is 34.3 Å². The molecule has 0 amide bonds. The van der Waals surface area contributed by atoms with Crippen LogP contribution in [0.5, 0.6) is 0 Å². The molecule has 0 fully saturated rings. The summed E-state index contributed by atoms with van der Waals surface area (Å²) in [5, 5.41) is 3.35. The van der Waals surface area contributed by atoms with Gasteiger partial charge in [0, 0.05) is 13.2 Å². The summed E-state index contributed by atoms with van der Waals surface area (Å²) in [6, 6.07) is 16.2. The van der Waals surface area contributed by atoms with Gasteiger partial charge in [0.2, 0.25) is 0 Å². The highest BCUT2D eigenvalue weighted by Gasteiger charge is 2.03. The quantitative estimate of drug-likeness (QED) is 0.666. The Labute approximate surface area is 136 Å². The van der Waals surface area contributed by atoms with Crippen molar-refractivity contribution in [1.29, 1.82) is 0 Å². The summed E-state index contributed by atoms with van der Waals surface area (Å²) in [4.78, 5) is 9.02. The van der Waals surface area contributed by atoms with E-state index >= 15 is 0 Å². The zero-order chi connectivity index (χ0) is 15.9. The molecule has 1 N–H and O–H groups in total. The number of benzene rings is 2. The third kappa shape index (κ3) is 4.05. The van der Waals surface area contributed by atoms with Crippen molar-refractivity contribution in [2.75, 3.05) is 11.9 Å². The minimum absolute atomic E-state index is 0.648. The Kier molecular flexibility index (Phi) is 5.17. The lowest BCUT2D eigenvalue weighted by molar-refractivity contribution is 0.121. The third-order valence-electron chi connectivity index (χ3n) is 3.63. The monoisotopic (exact) mass is 307 g/mol. The molecule has 3 rings (SSSR count). The molecular formula is C19H21N3O. The number of rotatable bonds is 7. The molecule has 0 aliphatic heterocycles. The third-order valence-corrected chi connectivity index (χ3v) is 3.63. The average Bonchev–Trinajstić information content (AvgIpc) is 2.61. The number of hydrogen-bond donors (Lipinski definition) is 1. The summed E-state index contributed by atoms with van der Waals surface area (Å²) in [6.07, 6.45) is 2.81. The molecule has 0 atom stereocenters. The molecule has 4 nitrogen and oxygen atoms in total. The fraction of sp³-hybridized carbons (Fsp3) is 0.263. The van der Waals surface area contributed by atoms with Crippen molar-refractivity contribution in [2.45, 2.75) is 26.5 Å². The molecule has 0 unspecified atom stereocenters. The minimum atomic E-state index is 0.648. The van der Waals surface area contributed by atoms with Crippen molar-refractivity contribution in [3.05, 3.63) is 65.9 Å². The van der Waals surface area contributed by atoms with Crippen LogP contribution in [0, 0.1) is 0 Å². The molecule has 0 spiro atoms. The highest BCUT2D eigenvalue weighted by molar-refractivity contribution is 5.75. The highest BCUT2D eigenvalue weighted by atomic mass is 16.5. The Balaban J connectivity index is 1.69. The predicted molar refractivity (Wildman–Crippen MR) is 93.3 cm³/mol. The van der Waals surface area contributed by atoms with Gasteiger partial charge in [0.15, 0.2) is 0 Å². The second kappa shape index (κ2) is 7.70. The standard InChI is InChI=1S/C19H21N3O/c1-2-11-23-14-16-8-4-3-7-15(16)12-21-19-13-20-17-9-5-6-10-18(17)22-19/h3-10,13H,2,11-12,14H2,1H3,(H,21,22). The lowest BCUT2D eigenvalue weighted by Crippen LogP contribution is -2.06. The van der Waals surface area contributed by atoms with Crippen LogP contribution in [-0.2, 0) is 17.9 Å². The first-order valence-electron chi connectivity index (χ1n) is 7.97. The molecule has 3 aromatic rings. The molecule has 1 heterocycles. The molecule has 1 aromatic heterocycles. The van der Waals surface area contributed by atoms with E-state index in [9.17, 15) is 0 Å². The summed E-state index contributed by atoms with van der Waals surface area (Å²) in [5.41, 5.74) is 4.24. The SMILES string of the molecule is CCCOCc1ccccc1CNc1cnc2ccccc2n1. The first-order chi connectivity index (χ1) is 11.4. The van der Waals surface area contributed by atoms with Crippen LogP contribution in [-0.4, -0.2) is 16.6 Å². The van der Waals surface area contributed by atoms with Gasteiger partial charge in [-0.3, -0.25) is 4.98 Å². The van der Waals surface area contributed by atoms with E-state index in [0.717, 1.165) is 29.9 Å². The lowest BCUT2D eigenvalue weighted by atomic mass is 10.1. The number of para-hydroxylation sites is 2. The zero-order valence-electron chi connectivity index (χ0n) is 13.3. The predicted octanol–water partition coefficient (Wildman–Crippen LogP) is 4.17. The number of aromatic nitrogens is 2. The lowest BCUT2D eigenvalue weighted by Gasteiger charge is -2.11. The van der Waals surface area contributed by atoms with Crippen molar-refractivity contribution < 1.29 is 4.74 Å². The van der Waals surface area contributed by atoms with E-state index in [1.807, 2.05) is 36.4 Å². The Hall–Kier alpha value is -2.46. The van der Waals surface area contributed by atoms with Crippen molar-refractivity contribution in [2.24, 2.45) is 0 Å². The normalized spacial score (nSPS) is 10.8. The summed E-state index contributed by atoms with van der Waals surface area (Å²) in [5.74, 6) is 0.785. The Morgan fingerprint density at radius 3 is 2.52 bits per heavy atom. The first kappa shape index (κ1) is 15.4. The van der Waals surface area contributed by atoms with Crippen molar-refractivity contribution in [1.82, 2.24) is 9.97 Å². The van der Waals surface area contributed by atoms with Crippen LogP contribution in [0.3, 0.4) is 0 Å². The van der Waals surface area contributed by atoms with Gasteiger partial charge >= 0.3 is 0 Å². The van der Waals surface area contributed by atoms with Crippen LogP contribution in [0.15, 0.2) is 54.7 Å². The van der Waals surface area contributed by atoms with Gasteiger partial charge in [-0.25, -0.2) is 4.98 Å². The molecule has 0 saturated heterocycles. The van der Waals surface area contributed by atoms with Gasteiger partial charge < -0.3 is 10.1 Å². The average molecular weight is 307 g/mol. The van der Waals surface area contributed by atoms with E-state index in [1.165, 1.54) is 11.1 Å². The van der Waals surface area contributed by atoms with Crippen LogP contribution < -0.4 is 5.32 Å². The van der Waals surface area contributed by atoms with Crippen molar-refractivity contribution in [3.63, 3.8) is 0 Å². The molecule has 4 heteroatoms. The Morgan fingerprint density at radius 2 is 1.70 bits per heavy atom. The van der Waals surface area contributed by atoms with Crippen LogP contribution in [0.25, 0.3) is 11.0 Å². The van der Waals surface area contributed by atoms with E-state index in [4.69, 9.17) is 4.74 Å². The largest absolute Gasteiger partial charge is 0.377 e. The summed E-state index contributed by atoms with van der Waals surface area (Å²) in [6.45, 7) is 4.26. The van der Waals surface area contributed by atoms with E-state index in [-0.39, 0.29) is 0 Å². The second-order valence-electron chi connectivity index (χ2n) is 5.42. The van der Waals surface area contributed by atoms with Crippen LogP contribution in [0.4, 0.5) is 5.82 Å². The summed E-state index contributed by atoms with van der Waals surface area (Å²) < 4.78 is 5.66. The van der Waals surface area contributed by atoms with Gasteiger partial charge in [0.1, 0.15) is 5.82 Å². The molecule has 118 valence electrons. The van der Waals surface area contributed by atoms with Gasteiger partial charge in [0.25, 0.3) is 0 Å². The number of fused-ring (bicyclic) bond motifs is 1. The van der Waals surface area contributed by atoms with Crippen LogP contribution in [0.2, 0.25) is 0 Å². The van der Waals surface area contributed by atoms with Gasteiger partial charge in [0.05, 0.1) is 23.8 Å². The highest BCUT2D eigenvalue weighted by Crippen LogP contribution is 2.15. The number of anilines is 1. The van der Waals surface area contributed by atoms with E-state index < -0.39 is 0 Å². The fourth-order valence-electron chi connectivity index (χ4n) is 2.43. The van der Waals surface area contributed by atoms with Gasteiger partial charge in [-0.1, -0.05) is 43.3 Å². The smallest absolute Gasteiger partial charge is 0.145 e. The number of nitrogens with one attached hydrogen (secondary N) is 1. The minimum Gasteiger partial charge on any atom is -0.377 e. The molecule has 0 bridgehead atoms. The van der Waals surface area contributed by atoms with Crippen LogP contribution >= 0.6 is 0 Å². The van der Waals surface area contributed by atoms with Gasteiger partial charge in [-0.2, -0.15) is 0 Å². The molecule has 0 saturated carbocycles.